The van der Waals surface area contributed by atoms with Crippen LogP contribution in [0.1, 0.15) is 20.8 Å². The van der Waals surface area contributed by atoms with Crippen molar-refractivity contribution >= 4 is 22.9 Å². The van der Waals surface area contributed by atoms with Crippen LogP contribution in [-0.4, -0.2) is 67.7 Å². The van der Waals surface area contributed by atoms with E-state index in [9.17, 15) is 14.9 Å². The number of amides is 1. The highest BCUT2D eigenvalue weighted by Gasteiger charge is 2.28. The Kier molecular flexibility index (Phi) is 8.56. The second kappa shape index (κ2) is 12.5. The van der Waals surface area contributed by atoms with E-state index in [1.54, 1.807) is 37.3 Å². The van der Waals surface area contributed by atoms with Gasteiger partial charge in [-0.2, -0.15) is 5.26 Å². The number of nitrogen functional groups attached to an aromatic ring is 1. The summed E-state index contributed by atoms with van der Waals surface area (Å²) in [4.78, 5) is 37.6. The number of carbonyl (C=O) groups excluding carboxylic acids is 1. The number of nitrogens with one attached hydrogen (secondary N) is 2. The Hall–Kier alpha value is -4.99. The maximum absolute atomic E-state index is 13.8. The first-order valence-corrected chi connectivity index (χ1v) is 14.1. The zero-order valence-corrected chi connectivity index (χ0v) is 24.4. The zero-order chi connectivity index (χ0) is 30.6. The summed E-state index contributed by atoms with van der Waals surface area (Å²) in [5.41, 5.74) is 6.63. The predicted molar refractivity (Wildman–Crippen MR) is 164 cm³/mol. The van der Waals surface area contributed by atoms with E-state index in [1.165, 1.54) is 15.5 Å². The summed E-state index contributed by atoms with van der Waals surface area (Å²) < 4.78 is 8.78. The monoisotopic (exact) mass is 581 g/mol. The van der Waals surface area contributed by atoms with Crippen LogP contribution in [0.4, 0.5) is 5.82 Å². The summed E-state index contributed by atoms with van der Waals surface area (Å²) >= 11 is 0. The van der Waals surface area contributed by atoms with Gasteiger partial charge in [0.25, 0.3) is 5.91 Å². The van der Waals surface area contributed by atoms with Crippen LogP contribution in [0, 0.1) is 11.3 Å². The molecular formula is C31H35N9O3. The van der Waals surface area contributed by atoms with Crippen molar-refractivity contribution in [3.05, 3.63) is 83.1 Å². The predicted octanol–water partition coefficient (Wildman–Crippen LogP) is 2.60. The highest BCUT2D eigenvalue weighted by atomic mass is 16.5. The molecule has 2 aromatic heterocycles. The number of nitrogens with two attached hydrogens (primary N) is 1. The first kappa shape index (κ1) is 29.5. The molecule has 1 aliphatic rings. The lowest BCUT2D eigenvalue weighted by Gasteiger charge is -2.39. The van der Waals surface area contributed by atoms with Crippen LogP contribution in [0.3, 0.4) is 0 Å². The average Bonchev–Trinajstić information content (AvgIpc) is 3.29. The number of piperazine rings is 1. The van der Waals surface area contributed by atoms with E-state index in [0.29, 0.717) is 28.4 Å². The van der Waals surface area contributed by atoms with Gasteiger partial charge in [0.2, 0.25) is 0 Å². The third-order valence-corrected chi connectivity index (χ3v) is 7.44. The number of anilines is 1. The number of hydrogen-bond donors (Lipinski definition) is 3. The number of nitrogens with zero attached hydrogens (tertiary/aromatic N) is 6. The first-order valence-electron chi connectivity index (χ1n) is 14.1. The molecule has 0 aliphatic carbocycles. The van der Waals surface area contributed by atoms with Gasteiger partial charge >= 0.3 is 5.69 Å². The molecular weight excluding hydrogens is 546 g/mol. The minimum atomic E-state index is -0.513. The lowest BCUT2D eigenvalue weighted by molar-refractivity contribution is -0.117. The van der Waals surface area contributed by atoms with Crippen LogP contribution in [0.5, 0.6) is 11.5 Å². The molecule has 0 saturated carbocycles. The van der Waals surface area contributed by atoms with E-state index in [2.05, 4.69) is 25.5 Å². The standard InChI is InChI=1S/C31H35N9O3/c1-21(37-29(41)22(18-32)17-31(2,3)38-15-13-34-14-16-38)19-39-28-26(27(33)35-20-36-28)40(30(39)42)23-9-11-25(12-10-23)43-24-7-5-4-6-8-24/h4-12,17,20-21,34H,13-16,19H2,1-3H3,(H,37,41)(H2,33,35,36). The minimum Gasteiger partial charge on any atom is -0.457 e. The number of benzene rings is 2. The number of para-hydroxylation sites is 1. The Morgan fingerprint density at radius 1 is 1.14 bits per heavy atom. The van der Waals surface area contributed by atoms with E-state index < -0.39 is 23.2 Å². The highest BCUT2D eigenvalue weighted by molar-refractivity contribution is 5.97. The molecule has 12 heteroatoms. The molecule has 43 heavy (non-hydrogen) atoms. The van der Waals surface area contributed by atoms with Crippen LogP contribution < -0.4 is 26.8 Å². The molecule has 1 aliphatic heterocycles. The Bertz CT molecular complexity index is 1730. The Labute approximate surface area is 249 Å². The van der Waals surface area contributed by atoms with Gasteiger partial charge in [0.05, 0.1) is 5.69 Å². The summed E-state index contributed by atoms with van der Waals surface area (Å²) in [5.74, 6) is 0.943. The van der Waals surface area contributed by atoms with Crippen molar-refractivity contribution in [2.75, 3.05) is 31.9 Å². The Balaban J connectivity index is 1.38. The minimum absolute atomic E-state index is 0.0227. The van der Waals surface area contributed by atoms with Crippen LogP contribution in [0.15, 0.2) is 77.4 Å². The quantitative estimate of drug-likeness (QED) is 0.200. The summed E-state index contributed by atoms with van der Waals surface area (Å²) in [6, 6.07) is 18.0. The lowest BCUT2D eigenvalue weighted by Crippen LogP contribution is -2.52. The van der Waals surface area contributed by atoms with Crippen molar-refractivity contribution in [3.63, 3.8) is 0 Å². The van der Waals surface area contributed by atoms with E-state index in [0.717, 1.165) is 26.2 Å². The molecule has 1 atom stereocenters. The van der Waals surface area contributed by atoms with E-state index in [4.69, 9.17) is 10.5 Å². The number of aromatic nitrogens is 4. The second-order valence-corrected chi connectivity index (χ2v) is 11.0. The zero-order valence-electron chi connectivity index (χ0n) is 24.4. The molecule has 4 aromatic rings. The summed E-state index contributed by atoms with van der Waals surface area (Å²) in [6.07, 6.45) is 3.00. The number of rotatable bonds is 9. The van der Waals surface area contributed by atoms with Crippen LogP contribution in [0.25, 0.3) is 16.9 Å². The number of nitriles is 1. The van der Waals surface area contributed by atoms with Gasteiger partial charge < -0.3 is 21.1 Å². The van der Waals surface area contributed by atoms with Crippen molar-refractivity contribution in [3.8, 4) is 23.3 Å². The van der Waals surface area contributed by atoms with Crippen molar-refractivity contribution in [2.24, 2.45) is 0 Å². The SMILES string of the molecule is CC(Cn1c(=O)n(-c2ccc(Oc3ccccc3)cc2)c2c(N)ncnc21)NC(=O)C(C#N)=CC(C)(C)N1CCNCC1. The second-order valence-electron chi connectivity index (χ2n) is 11.0. The molecule has 222 valence electrons. The van der Waals surface area contributed by atoms with Crippen LogP contribution >= 0.6 is 0 Å². The fourth-order valence-electron chi connectivity index (χ4n) is 5.25. The molecule has 1 fully saturated rings. The van der Waals surface area contributed by atoms with Crippen molar-refractivity contribution in [1.29, 1.82) is 5.26 Å². The molecule has 0 spiro atoms. The maximum atomic E-state index is 13.8. The molecule has 1 saturated heterocycles. The van der Waals surface area contributed by atoms with Crippen molar-refractivity contribution in [2.45, 2.75) is 38.9 Å². The first-order chi connectivity index (χ1) is 20.7. The van der Waals surface area contributed by atoms with Gasteiger partial charge in [-0.15, -0.1) is 0 Å². The molecule has 1 amide bonds. The van der Waals surface area contributed by atoms with E-state index in [1.807, 2.05) is 50.2 Å². The number of ether oxygens (including phenoxy) is 1. The van der Waals surface area contributed by atoms with Gasteiger partial charge in [-0.1, -0.05) is 18.2 Å². The maximum Gasteiger partial charge on any atom is 0.335 e. The number of fused-ring (bicyclic) bond motifs is 1. The molecule has 3 heterocycles. The molecule has 2 aromatic carbocycles. The van der Waals surface area contributed by atoms with Gasteiger partial charge in [0.1, 0.15) is 35.0 Å². The third-order valence-electron chi connectivity index (χ3n) is 7.44. The topological polar surface area (TPSA) is 156 Å². The van der Waals surface area contributed by atoms with Crippen LogP contribution in [-0.2, 0) is 11.3 Å². The van der Waals surface area contributed by atoms with Gasteiger partial charge in [0.15, 0.2) is 11.5 Å². The number of carbonyl (C=O) groups is 1. The normalized spacial score (nSPS) is 15.2. The fraction of sp³-hybridized carbons (Fsp3) is 0.323. The van der Waals surface area contributed by atoms with Gasteiger partial charge in [-0.05, 0) is 63.2 Å². The molecule has 12 nitrogen and oxygen atoms in total. The number of hydrogen-bond acceptors (Lipinski definition) is 9. The summed E-state index contributed by atoms with van der Waals surface area (Å²) in [6.45, 7) is 9.19. The average molecular weight is 582 g/mol. The Morgan fingerprint density at radius 3 is 2.49 bits per heavy atom. The fourth-order valence-corrected chi connectivity index (χ4v) is 5.25. The lowest BCUT2D eigenvalue weighted by atomic mass is 9.97. The van der Waals surface area contributed by atoms with Crippen LogP contribution in [0.2, 0.25) is 0 Å². The molecule has 1 unspecified atom stereocenters. The van der Waals surface area contributed by atoms with E-state index >= 15 is 0 Å². The highest BCUT2D eigenvalue weighted by Crippen LogP contribution is 2.25. The molecule has 0 radical (unpaired) electrons. The summed E-state index contributed by atoms with van der Waals surface area (Å²) in [5, 5.41) is 16.0. The van der Waals surface area contributed by atoms with Crippen molar-refractivity contribution in [1.82, 2.24) is 34.6 Å². The van der Waals surface area contributed by atoms with E-state index in [-0.39, 0.29) is 17.9 Å². The smallest absolute Gasteiger partial charge is 0.335 e. The molecule has 0 bridgehead atoms. The number of imidazole rings is 1. The van der Waals surface area contributed by atoms with Crippen molar-refractivity contribution < 1.29 is 9.53 Å². The largest absolute Gasteiger partial charge is 0.457 e. The van der Waals surface area contributed by atoms with Gasteiger partial charge in [-0.3, -0.25) is 18.8 Å². The molecule has 4 N–H and O–H groups in total. The molecule has 5 rings (SSSR count). The Morgan fingerprint density at radius 2 is 1.81 bits per heavy atom. The van der Waals surface area contributed by atoms with Gasteiger partial charge in [0, 0.05) is 44.3 Å². The summed E-state index contributed by atoms with van der Waals surface area (Å²) in [7, 11) is 0. The third kappa shape index (κ3) is 6.43. The van der Waals surface area contributed by atoms with Gasteiger partial charge in [-0.25, -0.2) is 14.8 Å².